The Kier molecular flexibility index (Phi) is 2.62. The van der Waals surface area contributed by atoms with Gasteiger partial charge in [-0.25, -0.2) is 4.99 Å². The fraction of sp³-hybridized carbons (Fsp3) is 0.417. The second kappa shape index (κ2) is 3.93. The van der Waals surface area contributed by atoms with Gasteiger partial charge in [0.15, 0.2) is 5.96 Å². The average molecular weight is 203 g/mol. The minimum atomic E-state index is 0.384. The van der Waals surface area contributed by atoms with Gasteiger partial charge in [0.05, 0.1) is 6.04 Å². The van der Waals surface area contributed by atoms with Crippen molar-refractivity contribution in [3.8, 4) is 0 Å². The standard InChI is InChI=1S/C12H17N3/c1-15(2)12(13)14-11-8-10(11)9-6-4-3-5-7-9/h3-7,10-11H,8H2,1-2H3,(H2,13,14). The molecule has 0 spiro atoms. The van der Waals surface area contributed by atoms with Crippen molar-refractivity contribution < 1.29 is 0 Å². The summed E-state index contributed by atoms with van der Waals surface area (Å²) in [5.41, 5.74) is 7.15. The van der Waals surface area contributed by atoms with E-state index in [0.29, 0.717) is 17.9 Å². The van der Waals surface area contributed by atoms with Crippen molar-refractivity contribution in [3.05, 3.63) is 35.9 Å². The molecule has 2 unspecified atom stereocenters. The summed E-state index contributed by atoms with van der Waals surface area (Å²) in [6.45, 7) is 0. The average Bonchev–Trinajstić information content (AvgIpc) is 2.98. The lowest BCUT2D eigenvalue weighted by Gasteiger charge is -2.10. The van der Waals surface area contributed by atoms with Crippen LogP contribution in [0.2, 0.25) is 0 Å². The van der Waals surface area contributed by atoms with Gasteiger partial charge in [0.2, 0.25) is 0 Å². The van der Waals surface area contributed by atoms with Gasteiger partial charge in [-0.15, -0.1) is 0 Å². The molecular weight excluding hydrogens is 186 g/mol. The molecule has 1 aliphatic rings. The summed E-state index contributed by atoms with van der Waals surface area (Å²) in [4.78, 5) is 6.31. The van der Waals surface area contributed by atoms with Crippen LogP contribution in [-0.4, -0.2) is 31.0 Å². The number of guanidine groups is 1. The van der Waals surface area contributed by atoms with Crippen LogP contribution in [0.25, 0.3) is 0 Å². The maximum atomic E-state index is 5.77. The molecule has 0 amide bonds. The zero-order chi connectivity index (χ0) is 10.8. The van der Waals surface area contributed by atoms with E-state index in [0.717, 1.165) is 6.42 Å². The van der Waals surface area contributed by atoms with E-state index in [4.69, 9.17) is 5.73 Å². The highest BCUT2D eigenvalue weighted by Crippen LogP contribution is 2.43. The number of nitrogens with two attached hydrogens (primary N) is 1. The van der Waals surface area contributed by atoms with Crippen LogP contribution in [0.5, 0.6) is 0 Å². The molecule has 2 atom stereocenters. The molecule has 3 heteroatoms. The molecule has 0 aromatic heterocycles. The lowest BCUT2D eigenvalue weighted by molar-refractivity contribution is 0.608. The molecule has 2 N–H and O–H groups in total. The first kappa shape index (κ1) is 10.0. The van der Waals surface area contributed by atoms with E-state index in [1.165, 1.54) is 5.56 Å². The molecule has 0 heterocycles. The van der Waals surface area contributed by atoms with Gasteiger partial charge in [-0.2, -0.15) is 0 Å². The van der Waals surface area contributed by atoms with E-state index in [-0.39, 0.29) is 0 Å². The smallest absolute Gasteiger partial charge is 0.191 e. The Morgan fingerprint density at radius 1 is 1.33 bits per heavy atom. The molecule has 1 aromatic carbocycles. The Morgan fingerprint density at radius 2 is 2.00 bits per heavy atom. The molecule has 3 nitrogen and oxygen atoms in total. The van der Waals surface area contributed by atoms with Gasteiger partial charge in [-0.3, -0.25) is 0 Å². The third-order valence-corrected chi connectivity index (χ3v) is 2.74. The topological polar surface area (TPSA) is 41.6 Å². The number of hydrogen-bond donors (Lipinski definition) is 1. The van der Waals surface area contributed by atoms with Crippen molar-refractivity contribution in [2.75, 3.05) is 14.1 Å². The highest BCUT2D eigenvalue weighted by molar-refractivity contribution is 5.78. The van der Waals surface area contributed by atoms with E-state index in [9.17, 15) is 0 Å². The van der Waals surface area contributed by atoms with Crippen LogP contribution in [0, 0.1) is 0 Å². The maximum Gasteiger partial charge on any atom is 0.191 e. The van der Waals surface area contributed by atoms with Crippen molar-refractivity contribution in [2.45, 2.75) is 18.4 Å². The first-order chi connectivity index (χ1) is 7.18. The summed E-state index contributed by atoms with van der Waals surface area (Å²) in [5, 5.41) is 0. The molecule has 80 valence electrons. The highest BCUT2D eigenvalue weighted by Gasteiger charge is 2.38. The lowest BCUT2D eigenvalue weighted by atomic mass is 10.1. The van der Waals surface area contributed by atoms with Gasteiger partial charge < -0.3 is 10.6 Å². The monoisotopic (exact) mass is 203 g/mol. The minimum Gasteiger partial charge on any atom is -0.370 e. The van der Waals surface area contributed by atoms with Gasteiger partial charge in [-0.1, -0.05) is 30.3 Å². The van der Waals surface area contributed by atoms with E-state index in [1.54, 1.807) is 0 Å². The number of hydrogen-bond acceptors (Lipinski definition) is 1. The molecule has 1 aromatic rings. The highest BCUT2D eigenvalue weighted by atomic mass is 15.2. The van der Waals surface area contributed by atoms with Crippen molar-refractivity contribution in [1.29, 1.82) is 0 Å². The van der Waals surface area contributed by atoms with E-state index in [2.05, 4.69) is 29.3 Å². The SMILES string of the molecule is CN(C)C(N)=NC1CC1c1ccccc1. The zero-order valence-corrected chi connectivity index (χ0v) is 9.22. The van der Waals surface area contributed by atoms with Gasteiger partial charge in [0, 0.05) is 20.0 Å². The molecule has 0 aliphatic heterocycles. The molecule has 1 aliphatic carbocycles. The van der Waals surface area contributed by atoms with E-state index >= 15 is 0 Å². The van der Waals surface area contributed by atoms with E-state index in [1.807, 2.05) is 25.1 Å². The predicted molar refractivity (Wildman–Crippen MR) is 62.9 cm³/mol. The summed E-state index contributed by atoms with van der Waals surface area (Å²) in [6.07, 6.45) is 1.12. The second-order valence-corrected chi connectivity index (χ2v) is 4.20. The third kappa shape index (κ3) is 2.29. The molecule has 1 fully saturated rings. The molecule has 0 bridgehead atoms. The first-order valence-corrected chi connectivity index (χ1v) is 5.24. The Hall–Kier alpha value is -1.51. The Bertz CT molecular complexity index is 356. The number of nitrogens with zero attached hydrogens (tertiary/aromatic N) is 2. The summed E-state index contributed by atoms with van der Waals surface area (Å²) >= 11 is 0. The number of benzene rings is 1. The molecule has 2 rings (SSSR count). The van der Waals surface area contributed by atoms with Crippen LogP contribution in [0.15, 0.2) is 35.3 Å². The van der Waals surface area contributed by atoms with Gasteiger partial charge >= 0.3 is 0 Å². The van der Waals surface area contributed by atoms with Crippen LogP contribution < -0.4 is 5.73 Å². The molecule has 0 saturated heterocycles. The fourth-order valence-electron chi connectivity index (χ4n) is 1.67. The number of rotatable bonds is 2. The second-order valence-electron chi connectivity index (χ2n) is 4.20. The summed E-state index contributed by atoms with van der Waals surface area (Å²) < 4.78 is 0. The zero-order valence-electron chi connectivity index (χ0n) is 9.22. The summed E-state index contributed by atoms with van der Waals surface area (Å²) in [5.74, 6) is 1.20. The molecule has 0 radical (unpaired) electrons. The molecular formula is C12H17N3. The Morgan fingerprint density at radius 3 is 2.60 bits per heavy atom. The largest absolute Gasteiger partial charge is 0.370 e. The Balaban J connectivity index is 2.00. The third-order valence-electron chi connectivity index (χ3n) is 2.74. The maximum absolute atomic E-state index is 5.77. The summed E-state index contributed by atoms with van der Waals surface area (Å²) in [6, 6.07) is 10.9. The van der Waals surface area contributed by atoms with Crippen molar-refractivity contribution in [2.24, 2.45) is 10.7 Å². The summed E-state index contributed by atoms with van der Waals surface area (Å²) in [7, 11) is 3.83. The van der Waals surface area contributed by atoms with Crippen LogP contribution in [0.1, 0.15) is 17.9 Å². The quantitative estimate of drug-likeness (QED) is 0.583. The predicted octanol–water partition coefficient (Wildman–Crippen LogP) is 1.42. The van der Waals surface area contributed by atoms with Crippen molar-refractivity contribution in [3.63, 3.8) is 0 Å². The van der Waals surface area contributed by atoms with Crippen LogP contribution in [-0.2, 0) is 0 Å². The van der Waals surface area contributed by atoms with E-state index < -0.39 is 0 Å². The van der Waals surface area contributed by atoms with Crippen molar-refractivity contribution in [1.82, 2.24) is 4.90 Å². The van der Waals surface area contributed by atoms with Gasteiger partial charge in [0.25, 0.3) is 0 Å². The van der Waals surface area contributed by atoms with Crippen LogP contribution in [0.3, 0.4) is 0 Å². The minimum absolute atomic E-state index is 0.384. The van der Waals surface area contributed by atoms with Crippen LogP contribution >= 0.6 is 0 Å². The fourth-order valence-corrected chi connectivity index (χ4v) is 1.67. The van der Waals surface area contributed by atoms with Crippen molar-refractivity contribution >= 4 is 5.96 Å². The molecule has 1 saturated carbocycles. The lowest BCUT2D eigenvalue weighted by Crippen LogP contribution is -2.30. The Labute approximate surface area is 90.6 Å². The number of aliphatic imine (C=N–C) groups is 1. The van der Waals surface area contributed by atoms with Gasteiger partial charge in [-0.05, 0) is 12.0 Å². The van der Waals surface area contributed by atoms with Crippen LogP contribution in [0.4, 0.5) is 0 Å². The first-order valence-electron chi connectivity index (χ1n) is 5.24. The normalized spacial score (nSPS) is 25.1. The molecule has 15 heavy (non-hydrogen) atoms. The van der Waals surface area contributed by atoms with Gasteiger partial charge in [0.1, 0.15) is 0 Å².